The molecular weight excluding hydrogens is 376 g/mol. The van der Waals surface area contributed by atoms with Crippen LogP contribution in [0.5, 0.6) is 0 Å². The van der Waals surface area contributed by atoms with Crippen LogP contribution >= 0.6 is 22.6 Å². The minimum absolute atomic E-state index is 0.0148. The van der Waals surface area contributed by atoms with E-state index >= 15 is 0 Å². The summed E-state index contributed by atoms with van der Waals surface area (Å²) < 4.78 is 18.6. The summed E-state index contributed by atoms with van der Waals surface area (Å²) in [6, 6.07) is 4.08. The van der Waals surface area contributed by atoms with Gasteiger partial charge in [-0.05, 0) is 61.6 Å². The molecule has 0 spiro atoms. The molecule has 1 rings (SSSR count). The number of amides is 1. The lowest BCUT2D eigenvalue weighted by molar-refractivity contribution is -0.155. The molecule has 0 heterocycles. The van der Waals surface area contributed by atoms with Gasteiger partial charge in [-0.25, -0.2) is 4.39 Å². The Balaban J connectivity index is 2.46. The van der Waals surface area contributed by atoms with E-state index in [2.05, 4.69) is 5.32 Å². The van der Waals surface area contributed by atoms with E-state index in [9.17, 15) is 14.0 Å². The van der Waals surface area contributed by atoms with E-state index in [1.165, 1.54) is 18.2 Å². The third-order valence-corrected chi connectivity index (χ3v) is 3.07. The van der Waals surface area contributed by atoms with E-state index in [4.69, 9.17) is 4.74 Å². The van der Waals surface area contributed by atoms with Gasteiger partial charge in [0, 0.05) is 9.99 Å². The average Bonchev–Trinajstić information content (AvgIpc) is 2.28. The largest absolute Gasteiger partial charge is 0.460 e. The molecule has 20 heavy (non-hydrogen) atoms. The number of anilines is 1. The Bertz CT molecular complexity index is 512. The maximum atomic E-state index is 12.9. The van der Waals surface area contributed by atoms with Crippen LogP contribution in [0, 0.1) is 9.39 Å². The molecule has 0 bridgehead atoms. The number of carbonyl (C=O) groups is 2. The predicted octanol–water partition coefficient (Wildman–Crippen LogP) is 3.49. The van der Waals surface area contributed by atoms with Crippen molar-refractivity contribution in [1.29, 1.82) is 0 Å². The van der Waals surface area contributed by atoms with Crippen LogP contribution in [0.1, 0.15) is 33.6 Å². The Morgan fingerprint density at radius 1 is 1.30 bits per heavy atom. The standard InChI is InChI=1S/C14H17FINO3/c1-14(2,3)20-13(19)7-6-12(18)17-11-5-4-9(15)8-10(11)16/h4-5,8H,6-7H2,1-3H3,(H,17,18). The monoisotopic (exact) mass is 393 g/mol. The lowest BCUT2D eigenvalue weighted by atomic mass is 10.2. The maximum absolute atomic E-state index is 12.9. The molecule has 6 heteroatoms. The SMILES string of the molecule is CC(C)(C)OC(=O)CCC(=O)Nc1ccc(F)cc1I. The first-order valence-corrected chi connectivity index (χ1v) is 7.22. The lowest BCUT2D eigenvalue weighted by Gasteiger charge is -2.19. The van der Waals surface area contributed by atoms with Crippen LogP contribution in [-0.2, 0) is 14.3 Å². The molecular formula is C14H17FINO3. The lowest BCUT2D eigenvalue weighted by Crippen LogP contribution is -2.24. The number of esters is 1. The second kappa shape index (κ2) is 7.01. The molecule has 1 aromatic carbocycles. The fraction of sp³-hybridized carbons (Fsp3) is 0.429. The molecule has 0 radical (unpaired) electrons. The van der Waals surface area contributed by atoms with Gasteiger partial charge in [-0.2, -0.15) is 0 Å². The van der Waals surface area contributed by atoms with Crippen LogP contribution in [-0.4, -0.2) is 17.5 Å². The van der Waals surface area contributed by atoms with Crippen LogP contribution in [0.3, 0.4) is 0 Å². The number of nitrogens with one attached hydrogen (secondary N) is 1. The van der Waals surface area contributed by atoms with E-state index < -0.39 is 11.6 Å². The van der Waals surface area contributed by atoms with E-state index in [1.54, 1.807) is 20.8 Å². The van der Waals surface area contributed by atoms with Crippen molar-refractivity contribution >= 4 is 40.2 Å². The summed E-state index contributed by atoms with van der Waals surface area (Å²) in [6.45, 7) is 5.31. The van der Waals surface area contributed by atoms with Crippen molar-refractivity contribution in [2.24, 2.45) is 0 Å². The van der Waals surface area contributed by atoms with Gasteiger partial charge in [-0.15, -0.1) is 0 Å². The van der Waals surface area contributed by atoms with Gasteiger partial charge in [-0.1, -0.05) is 0 Å². The molecule has 0 fully saturated rings. The van der Waals surface area contributed by atoms with Crippen molar-refractivity contribution in [3.63, 3.8) is 0 Å². The highest BCUT2D eigenvalue weighted by molar-refractivity contribution is 14.1. The minimum atomic E-state index is -0.556. The molecule has 4 nitrogen and oxygen atoms in total. The van der Waals surface area contributed by atoms with Crippen molar-refractivity contribution in [2.75, 3.05) is 5.32 Å². The molecule has 0 atom stereocenters. The van der Waals surface area contributed by atoms with Crippen molar-refractivity contribution in [3.05, 3.63) is 27.6 Å². The molecule has 0 saturated carbocycles. The fourth-order valence-electron chi connectivity index (χ4n) is 1.41. The second-order valence-corrected chi connectivity index (χ2v) is 6.42. The number of ether oxygens (including phenoxy) is 1. The normalized spacial score (nSPS) is 11.1. The molecule has 0 aromatic heterocycles. The molecule has 0 aliphatic rings. The molecule has 0 saturated heterocycles. The van der Waals surface area contributed by atoms with Crippen molar-refractivity contribution in [1.82, 2.24) is 0 Å². The van der Waals surface area contributed by atoms with Gasteiger partial charge in [0.25, 0.3) is 0 Å². The zero-order chi connectivity index (χ0) is 15.3. The number of halogens is 2. The molecule has 1 amide bonds. The summed E-state index contributed by atoms with van der Waals surface area (Å²) in [4.78, 5) is 23.2. The van der Waals surface area contributed by atoms with Crippen LogP contribution < -0.4 is 5.32 Å². The summed E-state index contributed by atoms with van der Waals surface area (Å²) in [7, 11) is 0. The fourth-order valence-corrected chi connectivity index (χ4v) is 2.02. The van der Waals surface area contributed by atoms with E-state index in [0.29, 0.717) is 9.26 Å². The molecule has 1 aromatic rings. The highest BCUT2D eigenvalue weighted by atomic mass is 127. The van der Waals surface area contributed by atoms with Gasteiger partial charge >= 0.3 is 5.97 Å². The van der Waals surface area contributed by atoms with Crippen LogP contribution in [0.25, 0.3) is 0 Å². The minimum Gasteiger partial charge on any atom is -0.460 e. The summed E-state index contributed by atoms with van der Waals surface area (Å²) in [5.74, 6) is -1.08. The summed E-state index contributed by atoms with van der Waals surface area (Å²) >= 11 is 1.93. The Hall–Kier alpha value is -1.18. The number of hydrogen-bond donors (Lipinski definition) is 1. The summed E-state index contributed by atoms with van der Waals surface area (Å²) in [5, 5.41) is 2.63. The van der Waals surface area contributed by atoms with Gasteiger partial charge in [0.1, 0.15) is 11.4 Å². The van der Waals surface area contributed by atoms with Crippen LogP contribution in [0.15, 0.2) is 18.2 Å². The van der Waals surface area contributed by atoms with Crippen LogP contribution in [0.4, 0.5) is 10.1 Å². The van der Waals surface area contributed by atoms with Gasteiger partial charge < -0.3 is 10.1 Å². The second-order valence-electron chi connectivity index (χ2n) is 5.26. The maximum Gasteiger partial charge on any atom is 0.306 e. The molecule has 1 N–H and O–H groups in total. The van der Waals surface area contributed by atoms with Gasteiger partial charge in [0.2, 0.25) is 5.91 Å². The zero-order valence-electron chi connectivity index (χ0n) is 11.6. The average molecular weight is 393 g/mol. The first-order chi connectivity index (χ1) is 9.17. The topological polar surface area (TPSA) is 55.4 Å². The number of carbonyl (C=O) groups excluding carboxylic acids is 2. The van der Waals surface area contributed by atoms with Gasteiger partial charge in [-0.3, -0.25) is 9.59 Å². The third-order valence-electron chi connectivity index (χ3n) is 2.18. The summed E-state index contributed by atoms with van der Waals surface area (Å²) in [6.07, 6.45) is 0.0449. The van der Waals surface area contributed by atoms with Crippen molar-refractivity contribution in [2.45, 2.75) is 39.2 Å². The quantitative estimate of drug-likeness (QED) is 0.630. The first-order valence-electron chi connectivity index (χ1n) is 6.14. The molecule has 0 aliphatic carbocycles. The van der Waals surface area contributed by atoms with Gasteiger partial charge in [0.15, 0.2) is 0 Å². The van der Waals surface area contributed by atoms with Crippen molar-refractivity contribution < 1.29 is 18.7 Å². The molecule has 0 unspecified atom stereocenters. The third kappa shape index (κ3) is 6.31. The Kier molecular flexibility index (Phi) is 5.91. The van der Waals surface area contributed by atoms with E-state index in [0.717, 1.165) is 0 Å². The van der Waals surface area contributed by atoms with E-state index in [1.807, 2.05) is 22.6 Å². The van der Waals surface area contributed by atoms with E-state index in [-0.39, 0.29) is 24.6 Å². The predicted molar refractivity (Wildman–Crippen MR) is 82.8 cm³/mol. The van der Waals surface area contributed by atoms with Crippen molar-refractivity contribution in [3.8, 4) is 0 Å². The smallest absolute Gasteiger partial charge is 0.306 e. The Morgan fingerprint density at radius 3 is 2.50 bits per heavy atom. The molecule has 110 valence electrons. The summed E-state index contributed by atoms with van der Waals surface area (Å²) in [5.41, 5.74) is -0.0268. The van der Waals surface area contributed by atoms with Crippen LogP contribution in [0.2, 0.25) is 0 Å². The zero-order valence-corrected chi connectivity index (χ0v) is 13.8. The molecule has 0 aliphatic heterocycles. The van der Waals surface area contributed by atoms with Gasteiger partial charge in [0.05, 0.1) is 12.1 Å². The highest BCUT2D eigenvalue weighted by Gasteiger charge is 2.17. The number of rotatable bonds is 4. The number of hydrogen-bond acceptors (Lipinski definition) is 3. The first kappa shape index (κ1) is 16.9. The highest BCUT2D eigenvalue weighted by Crippen LogP contribution is 2.19. The Labute approximate surface area is 131 Å². The Morgan fingerprint density at radius 2 is 1.95 bits per heavy atom. The number of benzene rings is 1.